The molecule has 0 saturated heterocycles. The van der Waals surface area contributed by atoms with E-state index in [-0.39, 0.29) is 23.9 Å². The van der Waals surface area contributed by atoms with Crippen LogP contribution in [0.5, 0.6) is 0 Å². The van der Waals surface area contributed by atoms with E-state index in [0.717, 1.165) is 20.8 Å². The Labute approximate surface area is 188 Å². The summed E-state index contributed by atoms with van der Waals surface area (Å²) in [5.41, 5.74) is 2.35. The van der Waals surface area contributed by atoms with Gasteiger partial charge in [-0.3, -0.25) is 14.9 Å². The lowest BCUT2D eigenvalue weighted by Crippen LogP contribution is -2.16. The summed E-state index contributed by atoms with van der Waals surface area (Å²) in [7, 11) is 0. The van der Waals surface area contributed by atoms with Crippen LogP contribution in [0.15, 0.2) is 95.5 Å². The van der Waals surface area contributed by atoms with Gasteiger partial charge in [-0.2, -0.15) is 0 Å². The molecule has 1 N–H and O–H groups in total. The first-order valence-electron chi connectivity index (χ1n) is 9.78. The van der Waals surface area contributed by atoms with Crippen molar-refractivity contribution in [2.75, 3.05) is 5.32 Å². The van der Waals surface area contributed by atoms with Gasteiger partial charge in [0.15, 0.2) is 5.78 Å². The second kappa shape index (κ2) is 9.10. The van der Waals surface area contributed by atoms with Gasteiger partial charge in [0.1, 0.15) is 0 Å². The number of nitrogens with zero attached hydrogens (tertiary/aromatic N) is 1. The monoisotopic (exact) mass is 474 g/mol. The molecule has 154 valence electrons. The highest BCUT2D eigenvalue weighted by Crippen LogP contribution is 2.27. The number of benzene rings is 4. The van der Waals surface area contributed by atoms with Gasteiger partial charge >= 0.3 is 0 Å². The topological polar surface area (TPSA) is 72.2 Å². The molecule has 0 aliphatic rings. The molecule has 0 heterocycles. The van der Waals surface area contributed by atoms with Crippen molar-refractivity contribution in [3.63, 3.8) is 0 Å². The molecule has 4 aromatic carbocycles. The van der Waals surface area contributed by atoms with E-state index in [0.29, 0.717) is 11.3 Å². The number of nitro groups is 1. The van der Waals surface area contributed by atoms with Crippen LogP contribution in [0, 0.1) is 10.1 Å². The Morgan fingerprint density at radius 1 is 0.903 bits per heavy atom. The zero-order valence-corrected chi connectivity index (χ0v) is 18.1. The fourth-order valence-corrected chi connectivity index (χ4v) is 3.76. The molecule has 31 heavy (non-hydrogen) atoms. The highest BCUT2D eigenvalue weighted by atomic mass is 79.9. The number of hydrogen-bond donors (Lipinski definition) is 1. The summed E-state index contributed by atoms with van der Waals surface area (Å²) in [6.45, 7) is 0. The standard InChI is InChI=1S/C25H19BrN2O3/c26-21-9-7-18(8-10-21)24(27-22-11-13-23(14-12-22)28(30)31)16-25(29)20-6-5-17-3-1-2-4-19(17)15-20/h1-15,24,27H,16H2. The minimum absolute atomic E-state index is 0.0214. The molecule has 4 aromatic rings. The number of non-ortho nitro benzene ring substituents is 1. The molecule has 0 aliphatic carbocycles. The molecule has 1 unspecified atom stereocenters. The molecule has 0 radical (unpaired) electrons. The van der Waals surface area contributed by atoms with E-state index < -0.39 is 4.92 Å². The van der Waals surface area contributed by atoms with Crippen molar-refractivity contribution in [2.24, 2.45) is 0 Å². The first-order valence-corrected chi connectivity index (χ1v) is 10.6. The van der Waals surface area contributed by atoms with Crippen LogP contribution < -0.4 is 5.32 Å². The zero-order chi connectivity index (χ0) is 21.8. The molecular weight excluding hydrogens is 456 g/mol. The van der Waals surface area contributed by atoms with Crippen LogP contribution in [0.2, 0.25) is 0 Å². The minimum atomic E-state index is -0.431. The van der Waals surface area contributed by atoms with Crippen LogP contribution in [0.4, 0.5) is 11.4 Å². The Balaban J connectivity index is 1.60. The third-order valence-electron chi connectivity index (χ3n) is 5.15. The highest BCUT2D eigenvalue weighted by molar-refractivity contribution is 9.10. The number of Topliss-reactive ketones (excluding diaryl/α,β-unsaturated/α-hetero) is 1. The molecule has 6 heteroatoms. The van der Waals surface area contributed by atoms with Gasteiger partial charge in [-0.05, 0) is 46.7 Å². The van der Waals surface area contributed by atoms with Gasteiger partial charge in [0, 0.05) is 34.3 Å². The lowest BCUT2D eigenvalue weighted by molar-refractivity contribution is -0.384. The fraction of sp³-hybridized carbons (Fsp3) is 0.0800. The van der Waals surface area contributed by atoms with Gasteiger partial charge < -0.3 is 5.32 Å². The number of carbonyl (C=O) groups excluding carboxylic acids is 1. The zero-order valence-electron chi connectivity index (χ0n) is 16.5. The first kappa shape index (κ1) is 20.8. The van der Waals surface area contributed by atoms with E-state index in [2.05, 4.69) is 21.2 Å². The third kappa shape index (κ3) is 4.98. The van der Waals surface area contributed by atoms with Crippen molar-refractivity contribution in [2.45, 2.75) is 12.5 Å². The predicted molar refractivity (Wildman–Crippen MR) is 126 cm³/mol. The van der Waals surface area contributed by atoms with Crippen molar-refractivity contribution in [1.82, 2.24) is 0 Å². The lowest BCUT2D eigenvalue weighted by Gasteiger charge is -2.20. The average Bonchev–Trinajstić information content (AvgIpc) is 2.79. The molecular formula is C25H19BrN2O3. The number of halogens is 1. The Morgan fingerprint density at radius 2 is 1.58 bits per heavy atom. The van der Waals surface area contributed by atoms with Crippen molar-refractivity contribution in [3.05, 3.63) is 117 Å². The summed E-state index contributed by atoms with van der Waals surface area (Å²) in [5, 5.41) is 16.4. The van der Waals surface area contributed by atoms with Crippen molar-refractivity contribution in [1.29, 1.82) is 0 Å². The number of anilines is 1. The summed E-state index contributed by atoms with van der Waals surface area (Å²) in [5.74, 6) is 0.0214. The van der Waals surface area contributed by atoms with Crippen molar-refractivity contribution in [3.8, 4) is 0 Å². The molecule has 0 spiro atoms. The summed E-state index contributed by atoms with van der Waals surface area (Å²) >= 11 is 3.44. The molecule has 0 aromatic heterocycles. The van der Waals surface area contributed by atoms with Crippen molar-refractivity contribution < 1.29 is 9.72 Å². The summed E-state index contributed by atoms with van der Waals surface area (Å²) in [4.78, 5) is 23.6. The van der Waals surface area contributed by atoms with E-state index in [1.54, 1.807) is 12.1 Å². The maximum absolute atomic E-state index is 13.1. The van der Waals surface area contributed by atoms with Gasteiger partial charge in [-0.25, -0.2) is 0 Å². The number of rotatable bonds is 7. The smallest absolute Gasteiger partial charge is 0.269 e. The van der Waals surface area contributed by atoms with E-state index in [1.165, 1.54) is 12.1 Å². The van der Waals surface area contributed by atoms with Gasteiger partial charge in [-0.15, -0.1) is 0 Å². The Bertz CT molecular complexity index is 1240. The molecule has 1 atom stereocenters. The largest absolute Gasteiger partial charge is 0.378 e. The molecule has 0 amide bonds. The summed E-state index contributed by atoms with van der Waals surface area (Å²) < 4.78 is 0.950. The van der Waals surface area contributed by atoms with Gasteiger partial charge in [0.25, 0.3) is 5.69 Å². The summed E-state index contributed by atoms with van der Waals surface area (Å²) in [6.07, 6.45) is 0.247. The van der Waals surface area contributed by atoms with E-state index in [4.69, 9.17) is 0 Å². The summed E-state index contributed by atoms with van der Waals surface area (Å²) in [6, 6.07) is 27.4. The second-order valence-corrected chi connectivity index (χ2v) is 8.16. The number of nitro benzene ring substituents is 1. The van der Waals surface area contributed by atoms with Gasteiger partial charge in [0.05, 0.1) is 11.0 Å². The van der Waals surface area contributed by atoms with Gasteiger partial charge in [-0.1, -0.05) is 64.5 Å². The Hall–Kier alpha value is -3.51. The Kier molecular flexibility index (Phi) is 6.09. The van der Waals surface area contributed by atoms with Gasteiger partial charge in [0.2, 0.25) is 0 Å². The maximum Gasteiger partial charge on any atom is 0.269 e. The number of ketones is 1. The second-order valence-electron chi connectivity index (χ2n) is 7.24. The van der Waals surface area contributed by atoms with Crippen LogP contribution in [0.25, 0.3) is 10.8 Å². The van der Waals surface area contributed by atoms with E-state index in [9.17, 15) is 14.9 Å². The molecule has 5 nitrogen and oxygen atoms in total. The van der Waals surface area contributed by atoms with Crippen molar-refractivity contribution >= 4 is 43.9 Å². The van der Waals surface area contributed by atoms with Crippen LogP contribution >= 0.6 is 15.9 Å². The van der Waals surface area contributed by atoms with E-state index >= 15 is 0 Å². The van der Waals surface area contributed by atoms with Crippen LogP contribution in [0.1, 0.15) is 28.4 Å². The highest BCUT2D eigenvalue weighted by Gasteiger charge is 2.18. The quantitative estimate of drug-likeness (QED) is 0.179. The van der Waals surface area contributed by atoms with Crippen LogP contribution in [-0.4, -0.2) is 10.7 Å². The molecule has 0 aliphatic heterocycles. The SMILES string of the molecule is O=C(CC(Nc1ccc([N+](=O)[O-])cc1)c1ccc(Br)cc1)c1ccc2ccccc2c1. The van der Waals surface area contributed by atoms with E-state index in [1.807, 2.05) is 66.7 Å². The molecule has 0 bridgehead atoms. The maximum atomic E-state index is 13.1. The normalized spacial score (nSPS) is 11.8. The van der Waals surface area contributed by atoms with Crippen LogP contribution in [-0.2, 0) is 0 Å². The number of nitrogens with one attached hydrogen (secondary N) is 1. The molecule has 0 saturated carbocycles. The molecule has 4 rings (SSSR count). The first-order chi connectivity index (χ1) is 15.0. The fourth-order valence-electron chi connectivity index (χ4n) is 3.49. The average molecular weight is 475 g/mol. The number of carbonyl (C=O) groups is 1. The predicted octanol–water partition coefficient (Wildman–Crippen LogP) is 6.94. The number of hydrogen-bond acceptors (Lipinski definition) is 4. The third-order valence-corrected chi connectivity index (χ3v) is 5.68. The minimum Gasteiger partial charge on any atom is -0.378 e. The Morgan fingerprint density at radius 3 is 2.26 bits per heavy atom. The lowest BCUT2D eigenvalue weighted by atomic mass is 9.96. The molecule has 0 fully saturated rings. The van der Waals surface area contributed by atoms with Crippen LogP contribution in [0.3, 0.4) is 0 Å². The number of fused-ring (bicyclic) bond motifs is 1.